The van der Waals surface area contributed by atoms with E-state index in [1.807, 2.05) is 0 Å². The van der Waals surface area contributed by atoms with Crippen LogP contribution in [0.4, 0.5) is 5.69 Å². The van der Waals surface area contributed by atoms with Crippen LogP contribution in [0.15, 0.2) is 88.5 Å². The molecule has 1 aliphatic rings. The Morgan fingerprint density at radius 2 is 1.78 bits per heavy atom. The van der Waals surface area contributed by atoms with E-state index >= 15 is 0 Å². The van der Waals surface area contributed by atoms with Crippen molar-refractivity contribution in [3.63, 3.8) is 0 Å². The number of benzene rings is 3. The van der Waals surface area contributed by atoms with Gasteiger partial charge in [-0.05, 0) is 67.1 Å². The first-order valence-electron chi connectivity index (χ1n) is 11.3. The third-order valence-electron chi connectivity index (χ3n) is 6.00. The number of halogens is 1. The van der Waals surface area contributed by atoms with E-state index < -0.39 is 29.5 Å². The van der Waals surface area contributed by atoms with Crippen LogP contribution in [0, 0.1) is 0 Å². The zero-order valence-corrected chi connectivity index (χ0v) is 20.2. The number of carbonyl (C=O) groups is 3. The lowest BCUT2D eigenvalue weighted by atomic mass is 9.94. The third kappa shape index (κ3) is 4.32. The number of ether oxygens (including phenoxy) is 1. The number of aliphatic hydroxyl groups is 1. The molecule has 3 aromatic carbocycles. The number of fused-ring (bicyclic) bond motifs is 1. The SMILES string of the molecule is CCOC(=O)c1cccc(N2C(=O)C(O)=C(C(=O)c3cc4cc(Cl)ccc4o3)C2c2ccc(O)cc2)c1. The Hall–Kier alpha value is -4.56. The summed E-state index contributed by atoms with van der Waals surface area (Å²) >= 11 is 6.05. The fraction of sp³-hybridized carbons (Fsp3) is 0.107. The Morgan fingerprint density at radius 3 is 2.51 bits per heavy atom. The molecule has 0 saturated carbocycles. The number of phenols is 1. The molecule has 1 unspecified atom stereocenters. The Kier molecular flexibility index (Phi) is 6.19. The molecular weight excluding hydrogens is 498 g/mol. The predicted octanol–water partition coefficient (Wildman–Crippen LogP) is 5.75. The summed E-state index contributed by atoms with van der Waals surface area (Å²) in [5.41, 5.74) is 1.11. The van der Waals surface area contributed by atoms with Crippen molar-refractivity contribution in [1.82, 2.24) is 0 Å². The predicted molar refractivity (Wildman–Crippen MR) is 136 cm³/mol. The summed E-state index contributed by atoms with van der Waals surface area (Å²) in [5, 5.41) is 21.8. The molecule has 1 aliphatic heterocycles. The smallest absolute Gasteiger partial charge is 0.338 e. The number of esters is 1. The summed E-state index contributed by atoms with van der Waals surface area (Å²) in [6.07, 6.45) is 0. The van der Waals surface area contributed by atoms with Crippen molar-refractivity contribution in [2.24, 2.45) is 0 Å². The summed E-state index contributed by atoms with van der Waals surface area (Å²) < 4.78 is 10.8. The van der Waals surface area contributed by atoms with E-state index in [-0.39, 0.29) is 34.9 Å². The average Bonchev–Trinajstić information content (AvgIpc) is 3.42. The van der Waals surface area contributed by atoms with Gasteiger partial charge in [-0.25, -0.2) is 4.79 Å². The number of amides is 1. The number of furan rings is 1. The van der Waals surface area contributed by atoms with Crippen molar-refractivity contribution in [2.45, 2.75) is 13.0 Å². The van der Waals surface area contributed by atoms with E-state index in [0.717, 1.165) is 0 Å². The van der Waals surface area contributed by atoms with E-state index in [4.69, 9.17) is 20.8 Å². The zero-order valence-electron chi connectivity index (χ0n) is 19.5. The number of hydrogen-bond donors (Lipinski definition) is 2. The lowest BCUT2D eigenvalue weighted by Gasteiger charge is -2.27. The summed E-state index contributed by atoms with van der Waals surface area (Å²) in [4.78, 5) is 40.6. The van der Waals surface area contributed by atoms with Gasteiger partial charge in [-0.15, -0.1) is 0 Å². The fourth-order valence-electron chi connectivity index (χ4n) is 4.33. The molecule has 0 aliphatic carbocycles. The summed E-state index contributed by atoms with van der Waals surface area (Å²) in [6.45, 7) is 1.85. The number of hydrogen-bond acceptors (Lipinski definition) is 7. The highest BCUT2D eigenvalue weighted by atomic mass is 35.5. The Balaban J connectivity index is 1.63. The maximum Gasteiger partial charge on any atom is 0.338 e. The van der Waals surface area contributed by atoms with Gasteiger partial charge in [0.2, 0.25) is 5.78 Å². The van der Waals surface area contributed by atoms with E-state index in [1.165, 1.54) is 35.2 Å². The first-order chi connectivity index (χ1) is 17.8. The molecule has 5 rings (SSSR count). The number of anilines is 1. The highest BCUT2D eigenvalue weighted by Crippen LogP contribution is 2.43. The van der Waals surface area contributed by atoms with Crippen LogP contribution in [0.3, 0.4) is 0 Å². The van der Waals surface area contributed by atoms with Crippen molar-refractivity contribution in [3.8, 4) is 5.75 Å². The van der Waals surface area contributed by atoms with E-state index in [2.05, 4.69) is 0 Å². The molecule has 0 saturated heterocycles. The van der Waals surface area contributed by atoms with Crippen molar-refractivity contribution in [1.29, 1.82) is 0 Å². The number of aliphatic hydroxyl groups excluding tert-OH is 1. The first-order valence-corrected chi connectivity index (χ1v) is 11.7. The molecule has 0 fully saturated rings. The second-order valence-electron chi connectivity index (χ2n) is 8.32. The summed E-state index contributed by atoms with van der Waals surface area (Å²) in [5.74, 6) is -2.95. The Bertz CT molecular complexity index is 1590. The lowest BCUT2D eigenvalue weighted by Crippen LogP contribution is -2.31. The van der Waals surface area contributed by atoms with Crippen molar-refractivity contribution in [3.05, 3.63) is 106 Å². The molecule has 37 heavy (non-hydrogen) atoms. The van der Waals surface area contributed by atoms with Gasteiger partial charge in [0, 0.05) is 16.1 Å². The largest absolute Gasteiger partial charge is 0.508 e. The van der Waals surface area contributed by atoms with Crippen LogP contribution in [0.5, 0.6) is 5.75 Å². The average molecular weight is 518 g/mol. The molecule has 186 valence electrons. The van der Waals surface area contributed by atoms with Gasteiger partial charge in [-0.3, -0.25) is 14.5 Å². The van der Waals surface area contributed by atoms with E-state index in [9.17, 15) is 24.6 Å². The molecule has 0 bridgehead atoms. The highest BCUT2D eigenvalue weighted by Gasteiger charge is 2.45. The molecule has 9 heteroatoms. The molecule has 1 aromatic heterocycles. The lowest BCUT2D eigenvalue weighted by molar-refractivity contribution is -0.117. The normalized spacial score (nSPS) is 15.5. The van der Waals surface area contributed by atoms with Crippen LogP contribution < -0.4 is 4.90 Å². The number of ketones is 1. The van der Waals surface area contributed by atoms with E-state index in [1.54, 1.807) is 49.4 Å². The highest BCUT2D eigenvalue weighted by molar-refractivity contribution is 6.31. The van der Waals surface area contributed by atoms with Crippen LogP contribution in [0.25, 0.3) is 11.0 Å². The minimum absolute atomic E-state index is 0.0147. The topological polar surface area (TPSA) is 117 Å². The second kappa shape index (κ2) is 9.48. The molecule has 8 nitrogen and oxygen atoms in total. The van der Waals surface area contributed by atoms with Gasteiger partial charge in [0.25, 0.3) is 5.91 Å². The summed E-state index contributed by atoms with van der Waals surface area (Å²) in [7, 11) is 0. The molecule has 4 aromatic rings. The van der Waals surface area contributed by atoms with Crippen LogP contribution in [-0.2, 0) is 9.53 Å². The number of Topliss-reactive ketones (excluding diaryl/α,β-unsaturated/α-hetero) is 1. The van der Waals surface area contributed by atoms with Crippen molar-refractivity contribution in [2.75, 3.05) is 11.5 Å². The molecule has 2 heterocycles. The molecular formula is C28H20ClNO7. The van der Waals surface area contributed by atoms with Gasteiger partial charge < -0.3 is 19.4 Å². The summed E-state index contributed by atoms with van der Waals surface area (Å²) in [6, 6.07) is 17.3. The van der Waals surface area contributed by atoms with Crippen LogP contribution >= 0.6 is 11.6 Å². The van der Waals surface area contributed by atoms with Crippen molar-refractivity contribution >= 4 is 45.9 Å². The zero-order chi connectivity index (χ0) is 26.3. The maximum absolute atomic E-state index is 13.7. The quantitative estimate of drug-likeness (QED) is 0.247. The number of rotatable bonds is 6. The van der Waals surface area contributed by atoms with E-state index in [0.29, 0.717) is 21.6 Å². The molecule has 0 spiro atoms. The minimum atomic E-state index is -1.07. The van der Waals surface area contributed by atoms with Gasteiger partial charge in [0.1, 0.15) is 11.3 Å². The molecule has 2 N–H and O–H groups in total. The van der Waals surface area contributed by atoms with Crippen molar-refractivity contribution < 1.29 is 33.8 Å². The van der Waals surface area contributed by atoms with Crippen LogP contribution in [0.2, 0.25) is 5.02 Å². The number of nitrogens with zero attached hydrogens (tertiary/aromatic N) is 1. The first kappa shape index (κ1) is 24.1. The molecule has 1 atom stereocenters. The molecule has 0 radical (unpaired) electrons. The maximum atomic E-state index is 13.7. The van der Waals surface area contributed by atoms with Gasteiger partial charge in [-0.2, -0.15) is 0 Å². The second-order valence-corrected chi connectivity index (χ2v) is 8.76. The number of carbonyl (C=O) groups excluding carboxylic acids is 3. The third-order valence-corrected chi connectivity index (χ3v) is 6.23. The van der Waals surface area contributed by atoms with Crippen LogP contribution in [-0.4, -0.2) is 34.5 Å². The Morgan fingerprint density at radius 1 is 1.03 bits per heavy atom. The number of phenolic OH excluding ortho intramolecular Hbond substituents is 1. The van der Waals surface area contributed by atoms with Gasteiger partial charge in [0.05, 0.1) is 23.8 Å². The standard InChI is InChI=1S/C28H20ClNO7/c1-2-36-28(35)16-4-3-5-19(13-16)30-24(15-6-9-20(31)10-7-15)23(26(33)27(30)34)25(32)22-14-17-12-18(29)8-11-21(17)37-22/h3-14,24,31,33H,2H2,1H3. The minimum Gasteiger partial charge on any atom is -0.508 e. The van der Waals surface area contributed by atoms with Crippen LogP contribution in [0.1, 0.15) is 39.4 Å². The van der Waals surface area contributed by atoms with Gasteiger partial charge in [-0.1, -0.05) is 29.8 Å². The van der Waals surface area contributed by atoms with Gasteiger partial charge >= 0.3 is 5.97 Å². The Labute approximate surface area is 215 Å². The van der Waals surface area contributed by atoms with Gasteiger partial charge in [0.15, 0.2) is 11.5 Å². The fourth-order valence-corrected chi connectivity index (χ4v) is 4.51. The molecule has 1 amide bonds. The monoisotopic (exact) mass is 517 g/mol. The number of aromatic hydroxyl groups is 1.